The van der Waals surface area contributed by atoms with Gasteiger partial charge in [-0.15, -0.1) is 11.3 Å². The number of aliphatic hydroxyl groups excluding tert-OH is 3. The van der Waals surface area contributed by atoms with E-state index in [1.807, 2.05) is 22.4 Å². The first-order chi connectivity index (χ1) is 7.77. The Bertz CT molecular complexity index is 260. The lowest BCUT2D eigenvalue weighted by molar-refractivity contribution is 0.120. The van der Waals surface area contributed by atoms with Gasteiger partial charge in [-0.1, -0.05) is 6.07 Å². The zero-order chi connectivity index (χ0) is 11.8. The van der Waals surface area contributed by atoms with Crippen molar-refractivity contribution in [2.24, 2.45) is 0 Å². The molecular formula is C11H19NO3S. The van der Waals surface area contributed by atoms with Crippen LogP contribution < -0.4 is 0 Å². The Morgan fingerprint density at radius 3 is 2.38 bits per heavy atom. The van der Waals surface area contributed by atoms with Gasteiger partial charge in [0.05, 0.1) is 19.3 Å². The summed E-state index contributed by atoms with van der Waals surface area (Å²) in [6.45, 7) is 1.92. The number of hydrogen-bond donors (Lipinski definition) is 3. The van der Waals surface area contributed by atoms with E-state index in [0.717, 1.165) is 4.88 Å². The molecule has 0 aliphatic carbocycles. The van der Waals surface area contributed by atoms with E-state index in [-0.39, 0.29) is 13.2 Å². The molecule has 5 heteroatoms. The van der Waals surface area contributed by atoms with Crippen LogP contribution in [0.25, 0.3) is 0 Å². The number of hydrogen-bond acceptors (Lipinski definition) is 5. The standard InChI is InChI=1S/C11H19NO3S/c13-7-5-12(6-8-14)4-3-10(15)11-2-1-9-16-11/h1-2,9-10,13-15H,3-8H2. The largest absolute Gasteiger partial charge is 0.395 e. The fourth-order valence-corrected chi connectivity index (χ4v) is 2.29. The van der Waals surface area contributed by atoms with Gasteiger partial charge in [0, 0.05) is 24.5 Å². The fraction of sp³-hybridized carbons (Fsp3) is 0.636. The molecule has 0 fully saturated rings. The maximum atomic E-state index is 9.85. The number of aliphatic hydroxyl groups is 3. The van der Waals surface area contributed by atoms with Crippen LogP contribution in [0, 0.1) is 0 Å². The highest BCUT2D eigenvalue weighted by Gasteiger charge is 2.11. The van der Waals surface area contributed by atoms with Crippen molar-refractivity contribution in [3.63, 3.8) is 0 Å². The number of rotatable bonds is 8. The molecule has 0 radical (unpaired) electrons. The second kappa shape index (κ2) is 7.76. The first-order valence-electron chi connectivity index (χ1n) is 5.43. The molecule has 1 heterocycles. The Morgan fingerprint density at radius 1 is 1.19 bits per heavy atom. The molecule has 92 valence electrons. The van der Waals surface area contributed by atoms with Crippen LogP contribution in [0.1, 0.15) is 17.4 Å². The topological polar surface area (TPSA) is 63.9 Å². The highest BCUT2D eigenvalue weighted by Crippen LogP contribution is 2.21. The van der Waals surface area contributed by atoms with Crippen LogP contribution in [-0.4, -0.2) is 53.1 Å². The van der Waals surface area contributed by atoms with E-state index in [4.69, 9.17) is 10.2 Å². The molecular weight excluding hydrogens is 226 g/mol. The second-order valence-electron chi connectivity index (χ2n) is 3.61. The summed E-state index contributed by atoms with van der Waals surface area (Å²) < 4.78 is 0. The lowest BCUT2D eigenvalue weighted by Gasteiger charge is -2.21. The molecule has 0 saturated heterocycles. The SMILES string of the molecule is OCCN(CCO)CCC(O)c1cccs1. The van der Waals surface area contributed by atoms with Crippen molar-refractivity contribution in [1.29, 1.82) is 0 Å². The summed E-state index contributed by atoms with van der Waals surface area (Å²) >= 11 is 1.54. The molecule has 1 rings (SSSR count). The normalized spacial score (nSPS) is 13.2. The van der Waals surface area contributed by atoms with Gasteiger partial charge in [-0.25, -0.2) is 0 Å². The summed E-state index contributed by atoms with van der Waals surface area (Å²) in [6, 6.07) is 3.83. The lowest BCUT2D eigenvalue weighted by atomic mass is 10.2. The average molecular weight is 245 g/mol. The molecule has 0 aliphatic heterocycles. The number of thiophene rings is 1. The fourth-order valence-electron chi connectivity index (χ4n) is 1.55. The van der Waals surface area contributed by atoms with Crippen molar-refractivity contribution in [2.75, 3.05) is 32.8 Å². The van der Waals surface area contributed by atoms with E-state index >= 15 is 0 Å². The maximum absolute atomic E-state index is 9.85. The van der Waals surface area contributed by atoms with Gasteiger partial charge in [0.2, 0.25) is 0 Å². The van der Waals surface area contributed by atoms with Crippen LogP contribution in [-0.2, 0) is 0 Å². The predicted octanol–water partition coefficient (Wildman–Crippen LogP) is 0.458. The van der Waals surface area contributed by atoms with Crippen LogP contribution in [0.2, 0.25) is 0 Å². The van der Waals surface area contributed by atoms with Crippen LogP contribution in [0.5, 0.6) is 0 Å². The first kappa shape index (κ1) is 13.6. The van der Waals surface area contributed by atoms with Crippen LogP contribution >= 0.6 is 11.3 Å². The van der Waals surface area contributed by atoms with Crippen molar-refractivity contribution in [3.8, 4) is 0 Å². The summed E-state index contributed by atoms with van der Waals surface area (Å²) in [5, 5.41) is 29.5. The minimum atomic E-state index is -0.445. The van der Waals surface area contributed by atoms with Crippen molar-refractivity contribution in [3.05, 3.63) is 22.4 Å². The first-order valence-corrected chi connectivity index (χ1v) is 6.31. The van der Waals surface area contributed by atoms with Crippen molar-refractivity contribution < 1.29 is 15.3 Å². The molecule has 4 nitrogen and oxygen atoms in total. The van der Waals surface area contributed by atoms with E-state index in [9.17, 15) is 5.11 Å². The van der Waals surface area contributed by atoms with E-state index in [1.165, 1.54) is 0 Å². The summed E-state index contributed by atoms with van der Waals surface area (Å²) in [6.07, 6.45) is 0.181. The Hall–Kier alpha value is -0.460. The average Bonchev–Trinajstić information content (AvgIpc) is 2.79. The molecule has 0 aliphatic rings. The lowest BCUT2D eigenvalue weighted by Crippen LogP contribution is -2.31. The maximum Gasteiger partial charge on any atom is 0.0894 e. The predicted molar refractivity (Wildman–Crippen MR) is 64.5 cm³/mol. The van der Waals surface area contributed by atoms with E-state index < -0.39 is 6.10 Å². The zero-order valence-corrected chi connectivity index (χ0v) is 10.1. The van der Waals surface area contributed by atoms with Crippen LogP contribution in [0.15, 0.2) is 17.5 Å². The number of nitrogens with zero attached hydrogens (tertiary/aromatic N) is 1. The van der Waals surface area contributed by atoms with Crippen molar-refractivity contribution in [1.82, 2.24) is 4.90 Å². The molecule has 3 N–H and O–H groups in total. The van der Waals surface area contributed by atoms with Crippen LogP contribution in [0.3, 0.4) is 0 Å². The molecule has 0 saturated carbocycles. The summed E-state index contributed by atoms with van der Waals surface area (Å²) in [5.74, 6) is 0. The highest BCUT2D eigenvalue weighted by molar-refractivity contribution is 7.10. The molecule has 0 aromatic carbocycles. The zero-order valence-electron chi connectivity index (χ0n) is 9.25. The Labute approximate surface area is 99.8 Å². The minimum Gasteiger partial charge on any atom is -0.395 e. The summed E-state index contributed by atoms with van der Waals surface area (Å²) in [7, 11) is 0. The molecule has 1 aromatic heterocycles. The smallest absolute Gasteiger partial charge is 0.0894 e. The molecule has 0 bridgehead atoms. The molecule has 1 aromatic rings. The van der Waals surface area contributed by atoms with Gasteiger partial charge in [0.15, 0.2) is 0 Å². The molecule has 0 amide bonds. The van der Waals surface area contributed by atoms with Gasteiger partial charge in [0.1, 0.15) is 0 Å². The van der Waals surface area contributed by atoms with E-state index in [1.54, 1.807) is 11.3 Å². The van der Waals surface area contributed by atoms with Gasteiger partial charge < -0.3 is 15.3 Å². The van der Waals surface area contributed by atoms with E-state index in [0.29, 0.717) is 26.1 Å². The summed E-state index contributed by atoms with van der Waals surface area (Å²) in [5.41, 5.74) is 0. The van der Waals surface area contributed by atoms with E-state index in [2.05, 4.69) is 0 Å². The summed E-state index contributed by atoms with van der Waals surface area (Å²) in [4.78, 5) is 2.91. The molecule has 0 spiro atoms. The Morgan fingerprint density at radius 2 is 1.88 bits per heavy atom. The van der Waals surface area contributed by atoms with Gasteiger partial charge in [-0.2, -0.15) is 0 Å². The van der Waals surface area contributed by atoms with Gasteiger partial charge in [0.25, 0.3) is 0 Å². The van der Waals surface area contributed by atoms with Gasteiger partial charge in [-0.05, 0) is 17.9 Å². The van der Waals surface area contributed by atoms with Gasteiger partial charge in [-0.3, -0.25) is 4.90 Å². The molecule has 1 atom stereocenters. The quantitative estimate of drug-likeness (QED) is 0.622. The third-order valence-electron chi connectivity index (χ3n) is 2.42. The minimum absolute atomic E-state index is 0.0785. The Kier molecular flexibility index (Phi) is 6.59. The van der Waals surface area contributed by atoms with Crippen molar-refractivity contribution >= 4 is 11.3 Å². The monoisotopic (exact) mass is 245 g/mol. The molecule has 1 unspecified atom stereocenters. The second-order valence-corrected chi connectivity index (χ2v) is 4.59. The van der Waals surface area contributed by atoms with Crippen LogP contribution in [0.4, 0.5) is 0 Å². The third-order valence-corrected chi connectivity index (χ3v) is 3.40. The molecule has 16 heavy (non-hydrogen) atoms. The highest BCUT2D eigenvalue weighted by atomic mass is 32.1. The van der Waals surface area contributed by atoms with Crippen molar-refractivity contribution in [2.45, 2.75) is 12.5 Å². The van der Waals surface area contributed by atoms with Gasteiger partial charge >= 0.3 is 0 Å². The third kappa shape index (κ3) is 4.59. The Balaban J connectivity index is 2.30.